The van der Waals surface area contributed by atoms with E-state index >= 15 is 0 Å². The second-order valence-electron chi connectivity index (χ2n) is 8.28. The lowest BCUT2D eigenvalue weighted by atomic mass is 10.1. The fourth-order valence-electron chi connectivity index (χ4n) is 4.02. The fourth-order valence-corrected chi connectivity index (χ4v) is 4.52. The average molecular weight is 496 g/mol. The van der Waals surface area contributed by atoms with Gasteiger partial charge in [-0.2, -0.15) is 0 Å². The van der Waals surface area contributed by atoms with Crippen molar-refractivity contribution in [1.82, 2.24) is 15.4 Å². The summed E-state index contributed by atoms with van der Waals surface area (Å²) in [6, 6.07) is 6.55. The third-order valence-electron chi connectivity index (χ3n) is 5.82. The van der Waals surface area contributed by atoms with Crippen molar-refractivity contribution in [2.75, 3.05) is 32.8 Å². The maximum atomic E-state index is 13.2. The Balaban J connectivity index is 1.40. The van der Waals surface area contributed by atoms with E-state index in [1.807, 2.05) is 0 Å². The number of carbonyl (C=O) groups is 2. The molecule has 0 radical (unpaired) electrons. The molecule has 8 nitrogen and oxygen atoms in total. The number of nitrogens with zero attached hydrogens (tertiary/aromatic N) is 2. The van der Waals surface area contributed by atoms with Crippen molar-refractivity contribution in [3.8, 4) is 11.3 Å². The van der Waals surface area contributed by atoms with Crippen molar-refractivity contribution in [3.63, 3.8) is 0 Å². The van der Waals surface area contributed by atoms with Gasteiger partial charge in [0.1, 0.15) is 0 Å². The highest BCUT2D eigenvalue weighted by molar-refractivity contribution is 6.36. The SMILES string of the molecule is O=C(CCN(C[C@H]1CCCO1)C(=O)c1cc(-c2ccc(Cl)cc2Cl)on1)NC[C@H]1CCCO1. The number of hydrogen-bond donors (Lipinski definition) is 1. The van der Waals surface area contributed by atoms with E-state index in [-0.39, 0.29) is 42.7 Å². The Labute approximate surface area is 202 Å². The van der Waals surface area contributed by atoms with Crippen LogP contribution < -0.4 is 5.32 Å². The third kappa shape index (κ3) is 6.47. The minimum atomic E-state index is -0.322. The molecule has 4 rings (SSSR count). The Hall–Kier alpha value is -2.13. The van der Waals surface area contributed by atoms with Gasteiger partial charge in [0.2, 0.25) is 5.91 Å². The van der Waals surface area contributed by atoms with Crippen LogP contribution >= 0.6 is 23.2 Å². The van der Waals surface area contributed by atoms with Gasteiger partial charge >= 0.3 is 0 Å². The van der Waals surface area contributed by atoms with E-state index in [1.54, 1.807) is 29.2 Å². The molecule has 0 bridgehead atoms. The summed E-state index contributed by atoms with van der Waals surface area (Å²) in [6.07, 6.45) is 4.00. The zero-order valence-electron chi connectivity index (χ0n) is 18.2. The van der Waals surface area contributed by atoms with Gasteiger partial charge in [-0.3, -0.25) is 9.59 Å². The molecule has 2 aliphatic heterocycles. The minimum Gasteiger partial charge on any atom is -0.376 e. The highest BCUT2D eigenvalue weighted by atomic mass is 35.5. The van der Waals surface area contributed by atoms with Crippen LogP contribution in [0.2, 0.25) is 10.0 Å². The van der Waals surface area contributed by atoms with Crippen LogP contribution in [0.1, 0.15) is 42.6 Å². The molecule has 0 saturated carbocycles. The van der Waals surface area contributed by atoms with Gasteiger partial charge in [-0.1, -0.05) is 28.4 Å². The normalized spacial score (nSPS) is 20.2. The molecule has 2 aliphatic rings. The standard InChI is InChI=1S/C23H27Cl2N3O5/c24-15-5-6-18(19(25)11-15)21-12-20(27-33-21)23(30)28(14-17-4-2-10-32-17)8-7-22(29)26-13-16-3-1-9-31-16/h5-6,11-12,16-17H,1-4,7-10,13-14H2,(H,26,29)/t16-,17-/m1/s1. The average Bonchev–Trinajstić information content (AvgIpc) is 3.57. The zero-order chi connectivity index (χ0) is 23.2. The summed E-state index contributed by atoms with van der Waals surface area (Å²) in [5.41, 5.74) is 0.737. The first kappa shape index (κ1) is 24.0. The van der Waals surface area contributed by atoms with Crippen molar-refractivity contribution >= 4 is 35.0 Å². The quantitative estimate of drug-likeness (QED) is 0.565. The molecule has 1 N–H and O–H groups in total. The Morgan fingerprint density at radius 2 is 1.85 bits per heavy atom. The second-order valence-corrected chi connectivity index (χ2v) is 9.12. The molecule has 1 aromatic heterocycles. The number of benzene rings is 1. The van der Waals surface area contributed by atoms with Gasteiger partial charge in [0.05, 0.1) is 17.2 Å². The van der Waals surface area contributed by atoms with Crippen LogP contribution in [0.3, 0.4) is 0 Å². The van der Waals surface area contributed by atoms with Gasteiger partial charge in [0.15, 0.2) is 11.5 Å². The largest absolute Gasteiger partial charge is 0.376 e. The number of nitrogens with one attached hydrogen (secondary N) is 1. The summed E-state index contributed by atoms with van der Waals surface area (Å²) in [5, 5.41) is 7.75. The fraction of sp³-hybridized carbons (Fsp3) is 0.522. The molecule has 0 unspecified atom stereocenters. The molecule has 178 valence electrons. The summed E-state index contributed by atoms with van der Waals surface area (Å²) in [5.74, 6) is -0.0756. The molecule has 3 heterocycles. The Morgan fingerprint density at radius 3 is 2.55 bits per heavy atom. The number of ether oxygens (including phenoxy) is 2. The number of amides is 2. The number of carbonyl (C=O) groups excluding carboxylic acids is 2. The van der Waals surface area contributed by atoms with Crippen LogP contribution in [-0.2, 0) is 14.3 Å². The first-order chi connectivity index (χ1) is 16.0. The number of hydrogen-bond acceptors (Lipinski definition) is 6. The summed E-state index contributed by atoms with van der Waals surface area (Å²) in [6.45, 7) is 2.55. The van der Waals surface area contributed by atoms with E-state index < -0.39 is 0 Å². The molecular weight excluding hydrogens is 469 g/mol. The van der Waals surface area contributed by atoms with Crippen molar-refractivity contribution in [1.29, 1.82) is 0 Å². The summed E-state index contributed by atoms with van der Waals surface area (Å²) in [4.78, 5) is 27.2. The van der Waals surface area contributed by atoms with Gasteiger partial charge in [-0.25, -0.2) is 0 Å². The lowest BCUT2D eigenvalue weighted by Gasteiger charge is -2.24. The Morgan fingerprint density at radius 1 is 1.09 bits per heavy atom. The van der Waals surface area contributed by atoms with E-state index in [2.05, 4.69) is 10.5 Å². The molecule has 2 amide bonds. The van der Waals surface area contributed by atoms with Crippen LogP contribution in [0, 0.1) is 0 Å². The van der Waals surface area contributed by atoms with Crippen molar-refractivity contribution in [3.05, 3.63) is 40.0 Å². The maximum absolute atomic E-state index is 13.2. The highest BCUT2D eigenvalue weighted by Gasteiger charge is 2.27. The van der Waals surface area contributed by atoms with E-state index in [4.69, 9.17) is 37.2 Å². The predicted octanol–water partition coefficient (Wildman–Crippen LogP) is 3.95. The molecule has 2 fully saturated rings. The molecule has 2 atom stereocenters. The Kier molecular flexibility index (Phi) is 8.25. The molecule has 1 aromatic carbocycles. The third-order valence-corrected chi connectivity index (χ3v) is 6.37. The van der Waals surface area contributed by atoms with E-state index in [0.29, 0.717) is 41.1 Å². The predicted molar refractivity (Wildman–Crippen MR) is 123 cm³/mol. The van der Waals surface area contributed by atoms with Crippen LogP contribution in [0.4, 0.5) is 0 Å². The molecule has 33 heavy (non-hydrogen) atoms. The van der Waals surface area contributed by atoms with Gasteiger partial charge in [-0.15, -0.1) is 0 Å². The smallest absolute Gasteiger partial charge is 0.276 e. The number of rotatable bonds is 9. The molecule has 0 aliphatic carbocycles. The first-order valence-corrected chi connectivity index (χ1v) is 12.0. The molecule has 2 aromatic rings. The van der Waals surface area contributed by atoms with E-state index in [1.165, 1.54) is 0 Å². The summed E-state index contributed by atoms with van der Waals surface area (Å²) < 4.78 is 16.6. The van der Waals surface area contributed by atoms with Crippen LogP contribution in [0.25, 0.3) is 11.3 Å². The minimum absolute atomic E-state index is 0.0546. The van der Waals surface area contributed by atoms with E-state index in [9.17, 15) is 9.59 Å². The summed E-state index contributed by atoms with van der Waals surface area (Å²) in [7, 11) is 0. The second kappa shape index (κ2) is 11.3. The molecule has 10 heteroatoms. The van der Waals surface area contributed by atoms with E-state index in [0.717, 1.165) is 32.3 Å². The highest BCUT2D eigenvalue weighted by Crippen LogP contribution is 2.31. The summed E-state index contributed by atoms with van der Waals surface area (Å²) >= 11 is 12.2. The monoisotopic (exact) mass is 495 g/mol. The van der Waals surface area contributed by atoms with Crippen LogP contribution in [-0.4, -0.2) is 66.9 Å². The van der Waals surface area contributed by atoms with Gasteiger partial charge in [0, 0.05) is 55.9 Å². The lowest BCUT2D eigenvalue weighted by Crippen LogP contribution is -2.40. The van der Waals surface area contributed by atoms with Crippen molar-refractivity contribution in [2.24, 2.45) is 0 Å². The number of halogens is 2. The van der Waals surface area contributed by atoms with Gasteiger partial charge in [-0.05, 0) is 43.9 Å². The number of aromatic nitrogens is 1. The van der Waals surface area contributed by atoms with Crippen LogP contribution in [0.15, 0.2) is 28.8 Å². The molecule has 0 spiro atoms. The topological polar surface area (TPSA) is 93.9 Å². The molecule has 2 saturated heterocycles. The first-order valence-electron chi connectivity index (χ1n) is 11.2. The van der Waals surface area contributed by atoms with Crippen LogP contribution in [0.5, 0.6) is 0 Å². The lowest BCUT2D eigenvalue weighted by molar-refractivity contribution is -0.121. The molecular formula is C23H27Cl2N3O5. The van der Waals surface area contributed by atoms with Gasteiger partial charge in [0.25, 0.3) is 5.91 Å². The Bertz CT molecular complexity index is 971. The maximum Gasteiger partial charge on any atom is 0.276 e. The van der Waals surface area contributed by atoms with Crippen molar-refractivity contribution in [2.45, 2.75) is 44.3 Å². The zero-order valence-corrected chi connectivity index (χ0v) is 19.7. The van der Waals surface area contributed by atoms with Crippen molar-refractivity contribution < 1.29 is 23.6 Å². The van der Waals surface area contributed by atoms with Gasteiger partial charge < -0.3 is 24.2 Å².